The molecular formula is C15H16N6. The summed E-state index contributed by atoms with van der Waals surface area (Å²) >= 11 is 0. The minimum absolute atomic E-state index is 0.180. The maximum absolute atomic E-state index is 4.48. The predicted octanol–water partition coefficient (Wildman–Crippen LogP) is 2.17. The van der Waals surface area contributed by atoms with E-state index < -0.39 is 0 Å². The van der Waals surface area contributed by atoms with E-state index in [2.05, 4.69) is 37.2 Å². The molecule has 0 radical (unpaired) electrons. The first-order valence-corrected chi connectivity index (χ1v) is 6.83. The molecule has 0 fully saturated rings. The Balaban J connectivity index is 1.84. The summed E-state index contributed by atoms with van der Waals surface area (Å²) in [5, 5.41) is 4.34. The van der Waals surface area contributed by atoms with Crippen LogP contribution in [0.4, 0.5) is 5.82 Å². The molecule has 3 heterocycles. The lowest BCUT2D eigenvalue weighted by atomic mass is 10.2. The minimum atomic E-state index is 0.180. The van der Waals surface area contributed by atoms with E-state index in [0.29, 0.717) is 11.5 Å². The third kappa shape index (κ3) is 3.10. The number of hydrogen-bond acceptors (Lipinski definition) is 6. The summed E-state index contributed by atoms with van der Waals surface area (Å²) in [4.78, 5) is 21.5. The molecule has 0 spiro atoms. The summed E-state index contributed by atoms with van der Waals surface area (Å²) < 4.78 is 0. The molecule has 1 N–H and O–H groups in total. The number of fused-ring (bicyclic) bond motifs is 1. The second-order valence-corrected chi connectivity index (χ2v) is 4.94. The molecule has 0 aromatic carbocycles. The molecule has 0 saturated carbocycles. The van der Waals surface area contributed by atoms with Crippen LogP contribution in [0.2, 0.25) is 0 Å². The van der Waals surface area contributed by atoms with Crippen LogP contribution in [-0.2, 0) is 6.42 Å². The number of nitrogens with zero attached hydrogens (tertiary/aromatic N) is 5. The quantitative estimate of drug-likeness (QED) is 0.789. The van der Waals surface area contributed by atoms with Gasteiger partial charge in [0, 0.05) is 37.3 Å². The van der Waals surface area contributed by atoms with Gasteiger partial charge in [-0.05, 0) is 26.0 Å². The van der Waals surface area contributed by atoms with Crippen molar-refractivity contribution in [3.63, 3.8) is 0 Å². The van der Waals surface area contributed by atoms with Gasteiger partial charge in [0.1, 0.15) is 11.6 Å². The molecule has 0 unspecified atom stereocenters. The van der Waals surface area contributed by atoms with Crippen molar-refractivity contribution in [2.24, 2.45) is 0 Å². The molecule has 0 aliphatic rings. The number of aryl methyl sites for hydroxylation is 1. The van der Waals surface area contributed by atoms with Gasteiger partial charge in [-0.1, -0.05) is 0 Å². The Bertz CT molecular complexity index is 743. The summed E-state index contributed by atoms with van der Waals surface area (Å²) in [6.07, 6.45) is 7.67. The first kappa shape index (κ1) is 13.4. The Hall–Kier alpha value is -2.63. The average Bonchev–Trinajstić information content (AvgIpc) is 2.48. The number of anilines is 1. The summed E-state index contributed by atoms with van der Waals surface area (Å²) in [6.45, 7) is 3.96. The van der Waals surface area contributed by atoms with E-state index >= 15 is 0 Å². The van der Waals surface area contributed by atoms with E-state index in [-0.39, 0.29) is 6.04 Å². The summed E-state index contributed by atoms with van der Waals surface area (Å²) in [7, 11) is 0. The SMILES string of the molecule is Cc1nc(N[C@@H](C)Cc2cnccn2)c2cccnc2n1. The van der Waals surface area contributed by atoms with E-state index in [1.165, 1.54) is 0 Å². The highest BCUT2D eigenvalue weighted by atomic mass is 15.1. The van der Waals surface area contributed by atoms with Gasteiger partial charge in [0.25, 0.3) is 0 Å². The van der Waals surface area contributed by atoms with Crippen LogP contribution in [0.25, 0.3) is 11.0 Å². The number of hydrogen-bond donors (Lipinski definition) is 1. The Kier molecular flexibility index (Phi) is 3.68. The molecule has 6 nitrogen and oxygen atoms in total. The molecule has 3 rings (SSSR count). The lowest BCUT2D eigenvalue weighted by Gasteiger charge is -2.15. The molecule has 0 saturated heterocycles. The van der Waals surface area contributed by atoms with Gasteiger partial charge in [-0.3, -0.25) is 9.97 Å². The average molecular weight is 280 g/mol. The minimum Gasteiger partial charge on any atom is -0.367 e. The molecule has 1 atom stereocenters. The highest BCUT2D eigenvalue weighted by Gasteiger charge is 2.10. The lowest BCUT2D eigenvalue weighted by molar-refractivity contribution is 0.760. The number of aromatic nitrogens is 5. The Labute approximate surface area is 122 Å². The van der Waals surface area contributed by atoms with Crippen molar-refractivity contribution in [1.29, 1.82) is 0 Å². The van der Waals surface area contributed by atoms with Gasteiger partial charge in [-0.2, -0.15) is 0 Å². The monoisotopic (exact) mass is 280 g/mol. The molecule has 21 heavy (non-hydrogen) atoms. The molecule has 106 valence electrons. The molecule has 3 aromatic rings. The zero-order chi connectivity index (χ0) is 14.7. The Morgan fingerprint density at radius 3 is 2.86 bits per heavy atom. The third-order valence-electron chi connectivity index (χ3n) is 3.10. The smallest absolute Gasteiger partial charge is 0.164 e. The van der Waals surface area contributed by atoms with Gasteiger partial charge in [0.2, 0.25) is 0 Å². The Morgan fingerprint density at radius 1 is 1.14 bits per heavy atom. The van der Waals surface area contributed by atoms with Crippen molar-refractivity contribution in [1.82, 2.24) is 24.9 Å². The van der Waals surface area contributed by atoms with E-state index in [9.17, 15) is 0 Å². The fraction of sp³-hybridized carbons (Fsp3) is 0.267. The van der Waals surface area contributed by atoms with E-state index in [4.69, 9.17) is 0 Å². The van der Waals surface area contributed by atoms with Gasteiger partial charge < -0.3 is 5.32 Å². The van der Waals surface area contributed by atoms with Crippen LogP contribution < -0.4 is 5.32 Å². The van der Waals surface area contributed by atoms with Crippen LogP contribution >= 0.6 is 0 Å². The third-order valence-corrected chi connectivity index (χ3v) is 3.10. The van der Waals surface area contributed by atoms with Crippen LogP contribution in [0.3, 0.4) is 0 Å². The van der Waals surface area contributed by atoms with Gasteiger partial charge in [0.15, 0.2) is 5.65 Å². The van der Waals surface area contributed by atoms with Crippen LogP contribution in [0, 0.1) is 6.92 Å². The molecule has 6 heteroatoms. The first-order chi connectivity index (χ1) is 10.2. The molecule has 0 aliphatic carbocycles. The van der Waals surface area contributed by atoms with Crippen molar-refractivity contribution in [3.8, 4) is 0 Å². The normalized spacial score (nSPS) is 12.3. The van der Waals surface area contributed by atoms with E-state index in [1.54, 1.807) is 24.8 Å². The van der Waals surface area contributed by atoms with Crippen molar-refractivity contribution >= 4 is 16.9 Å². The van der Waals surface area contributed by atoms with Crippen LogP contribution in [0.5, 0.6) is 0 Å². The van der Waals surface area contributed by atoms with E-state index in [0.717, 1.165) is 23.3 Å². The van der Waals surface area contributed by atoms with Crippen molar-refractivity contribution in [2.45, 2.75) is 26.3 Å². The van der Waals surface area contributed by atoms with Gasteiger partial charge in [-0.25, -0.2) is 15.0 Å². The highest BCUT2D eigenvalue weighted by molar-refractivity contribution is 5.86. The molecule has 3 aromatic heterocycles. The molecule has 0 amide bonds. The lowest BCUT2D eigenvalue weighted by Crippen LogP contribution is -2.20. The largest absolute Gasteiger partial charge is 0.367 e. The highest BCUT2D eigenvalue weighted by Crippen LogP contribution is 2.19. The van der Waals surface area contributed by atoms with Crippen molar-refractivity contribution in [2.75, 3.05) is 5.32 Å². The second kappa shape index (κ2) is 5.78. The van der Waals surface area contributed by atoms with E-state index in [1.807, 2.05) is 19.1 Å². The zero-order valence-corrected chi connectivity index (χ0v) is 12.0. The molecule has 0 bridgehead atoms. The number of nitrogens with one attached hydrogen (secondary N) is 1. The fourth-order valence-electron chi connectivity index (χ4n) is 2.21. The first-order valence-electron chi connectivity index (χ1n) is 6.83. The maximum atomic E-state index is 4.48. The van der Waals surface area contributed by atoms with Gasteiger partial charge >= 0.3 is 0 Å². The van der Waals surface area contributed by atoms with Crippen LogP contribution in [0.1, 0.15) is 18.4 Å². The topological polar surface area (TPSA) is 76.5 Å². The second-order valence-electron chi connectivity index (χ2n) is 4.94. The maximum Gasteiger partial charge on any atom is 0.164 e. The van der Waals surface area contributed by atoms with Crippen molar-refractivity contribution in [3.05, 3.63) is 48.4 Å². The number of pyridine rings is 1. The molecule has 0 aliphatic heterocycles. The molecular weight excluding hydrogens is 264 g/mol. The van der Waals surface area contributed by atoms with Gasteiger partial charge in [-0.15, -0.1) is 0 Å². The number of rotatable bonds is 4. The van der Waals surface area contributed by atoms with Crippen molar-refractivity contribution < 1.29 is 0 Å². The summed E-state index contributed by atoms with van der Waals surface area (Å²) in [5.74, 6) is 1.51. The van der Waals surface area contributed by atoms with Gasteiger partial charge in [0.05, 0.1) is 11.1 Å². The van der Waals surface area contributed by atoms with Crippen LogP contribution in [0.15, 0.2) is 36.9 Å². The summed E-state index contributed by atoms with van der Waals surface area (Å²) in [6, 6.07) is 4.04. The standard InChI is InChI=1S/C15H16N6/c1-10(8-12-9-16-6-7-17-12)19-15-13-4-3-5-18-14(13)20-11(2)21-15/h3-7,9-10H,8H2,1-2H3,(H,18,19,20,21)/t10-/m0/s1. The summed E-state index contributed by atoms with van der Waals surface area (Å²) in [5.41, 5.74) is 1.66. The predicted molar refractivity (Wildman–Crippen MR) is 80.9 cm³/mol. The zero-order valence-electron chi connectivity index (χ0n) is 12.0. The Morgan fingerprint density at radius 2 is 2.05 bits per heavy atom. The van der Waals surface area contributed by atoms with Crippen LogP contribution in [-0.4, -0.2) is 31.0 Å². The fourth-order valence-corrected chi connectivity index (χ4v) is 2.21.